The molecule has 2 amide bonds. The van der Waals surface area contributed by atoms with Gasteiger partial charge >= 0.3 is 11.1 Å². The number of aryl methyl sites for hydroxylation is 2. The number of aromatic amines is 1. The molecule has 14 heteroatoms. The van der Waals surface area contributed by atoms with Gasteiger partial charge in [0.2, 0.25) is 0 Å². The number of tetrazole rings is 1. The molecule has 264 valence electrons. The maximum absolute atomic E-state index is 13.1. The van der Waals surface area contributed by atoms with Crippen molar-refractivity contribution < 1.29 is 38.8 Å². The van der Waals surface area contributed by atoms with Gasteiger partial charge in [-0.2, -0.15) is 0 Å². The number of carboxylic acids is 1. The summed E-state index contributed by atoms with van der Waals surface area (Å²) >= 11 is 1.38. The lowest BCUT2D eigenvalue weighted by Crippen LogP contribution is -2.34. The molecule has 5 aromatic carbocycles. The van der Waals surface area contributed by atoms with Gasteiger partial charge in [0.25, 0.3) is 11.8 Å². The van der Waals surface area contributed by atoms with Gasteiger partial charge in [-0.05, 0) is 73.6 Å². The number of thioether (sulfide) groups is 1. The van der Waals surface area contributed by atoms with E-state index in [0.29, 0.717) is 44.4 Å². The SMILES string of the molecule is Cc1ccc(OCC(=O)Nc2ccc(Oc3cc(C(=O)NCCC(=O)O)c(O)c4ccccc34)c(CSc3nn[nH][n+]3-c3ccccc3)c2)c(C)c1. The van der Waals surface area contributed by atoms with Gasteiger partial charge in [0.05, 0.1) is 12.0 Å². The summed E-state index contributed by atoms with van der Waals surface area (Å²) in [6, 6.07) is 28.8. The number of carbonyl (C=O) groups excluding carboxylic acids is 2. The second-order valence-electron chi connectivity index (χ2n) is 11.8. The fourth-order valence-electron chi connectivity index (χ4n) is 5.43. The van der Waals surface area contributed by atoms with Gasteiger partial charge in [-0.1, -0.05) is 65.4 Å². The standard InChI is InChI=1S/C38H34N6O7S/c1-23-12-14-31(24(2)18-23)50-21-34(45)40-26-13-15-32(25(19-26)22-52-38-41-42-43-44(38)27-8-4-3-5-9-27)51-33-20-30(37(49)39-17-16-35(46)47)36(48)29-11-7-6-10-28(29)33/h3-15,18-20H,16-17,21-22H2,1-2H3,(H4,39,40,45,46,47,48,49)/p+1. The first-order valence-corrected chi connectivity index (χ1v) is 17.2. The Morgan fingerprint density at radius 1 is 0.885 bits per heavy atom. The number of fused-ring (bicyclic) bond motifs is 1. The van der Waals surface area contributed by atoms with Gasteiger partial charge in [0, 0.05) is 34.3 Å². The predicted octanol–water partition coefficient (Wildman–Crippen LogP) is 5.86. The first-order chi connectivity index (χ1) is 25.2. The number of amides is 2. The van der Waals surface area contributed by atoms with Gasteiger partial charge in [-0.25, -0.2) is 0 Å². The van der Waals surface area contributed by atoms with E-state index in [4.69, 9.17) is 14.6 Å². The van der Waals surface area contributed by atoms with Crippen LogP contribution in [-0.2, 0) is 15.3 Å². The molecule has 0 spiro atoms. The molecule has 0 bridgehead atoms. The molecule has 0 atom stereocenters. The smallest absolute Gasteiger partial charge is 0.365 e. The highest BCUT2D eigenvalue weighted by Crippen LogP contribution is 2.40. The van der Waals surface area contributed by atoms with Crippen molar-refractivity contribution in [1.29, 1.82) is 0 Å². The molecule has 0 radical (unpaired) electrons. The van der Waals surface area contributed by atoms with E-state index in [-0.39, 0.29) is 42.5 Å². The number of anilines is 1. The lowest BCUT2D eigenvalue weighted by Gasteiger charge is -2.17. The van der Waals surface area contributed by atoms with E-state index in [9.17, 15) is 19.5 Å². The first kappa shape index (κ1) is 35.4. The van der Waals surface area contributed by atoms with E-state index in [1.54, 1.807) is 47.1 Å². The van der Waals surface area contributed by atoms with Crippen molar-refractivity contribution in [3.8, 4) is 28.7 Å². The number of rotatable bonds is 14. The molecule has 0 saturated heterocycles. The Hall–Kier alpha value is -6.41. The summed E-state index contributed by atoms with van der Waals surface area (Å²) in [5.74, 6) is -0.679. The number of aliphatic carboxylic acids is 1. The maximum Gasteiger partial charge on any atom is 0.365 e. The van der Waals surface area contributed by atoms with E-state index in [1.165, 1.54) is 17.8 Å². The van der Waals surface area contributed by atoms with E-state index >= 15 is 0 Å². The van der Waals surface area contributed by atoms with Crippen molar-refractivity contribution in [2.24, 2.45) is 0 Å². The molecule has 0 aliphatic heterocycles. The largest absolute Gasteiger partial charge is 0.506 e. The molecular formula is C38H35N6O7S+. The zero-order valence-corrected chi connectivity index (χ0v) is 29.1. The fourth-order valence-corrected chi connectivity index (χ4v) is 6.31. The van der Waals surface area contributed by atoms with Crippen LogP contribution in [0.25, 0.3) is 16.5 Å². The lowest BCUT2D eigenvalue weighted by atomic mass is 10.0. The minimum Gasteiger partial charge on any atom is -0.506 e. The lowest BCUT2D eigenvalue weighted by molar-refractivity contribution is -0.697. The van der Waals surface area contributed by atoms with Crippen LogP contribution in [0, 0.1) is 13.8 Å². The van der Waals surface area contributed by atoms with Crippen LogP contribution in [0.1, 0.15) is 33.5 Å². The van der Waals surface area contributed by atoms with Gasteiger partial charge in [-0.3, -0.25) is 14.4 Å². The number of nitrogens with one attached hydrogen (secondary N) is 3. The molecular weight excluding hydrogens is 685 g/mol. The Morgan fingerprint density at radius 2 is 1.63 bits per heavy atom. The Kier molecular flexibility index (Phi) is 11.0. The third kappa shape index (κ3) is 8.47. The zero-order chi connectivity index (χ0) is 36.6. The fraction of sp³-hybridized carbons (Fsp3) is 0.158. The quantitative estimate of drug-likeness (QED) is 0.0676. The molecule has 0 saturated carbocycles. The molecule has 1 aromatic heterocycles. The van der Waals surface area contributed by atoms with Crippen molar-refractivity contribution in [2.75, 3.05) is 18.5 Å². The molecule has 52 heavy (non-hydrogen) atoms. The Balaban J connectivity index is 1.30. The summed E-state index contributed by atoms with van der Waals surface area (Å²) in [5, 5.41) is 38.1. The summed E-state index contributed by atoms with van der Waals surface area (Å²) < 4.78 is 14.0. The number of phenols is 1. The highest BCUT2D eigenvalue weighted by Gasteiger charge is 2.22. The number of H-pyrrole nitrogens is 1. The molecule has 6 aromatic rings. The number of ether oxygens (including phenoxy) is 2. The number of benzene rings is 5. The maximum atomic E-state index is 13.1. The Bertz CT molecular complexity index is 2260. The van der Waals surface area contributed by atoms with Crippen LogP contribution in [0.4, 0.5) is 5.69 Å². The van der Waals surface area contributed by atoms with Gasteiger partial charge in [0.1, 0.15) is 33.8 Å². The van der Waals surface area contributed by atoms with E-state index in [1.807, 2.05) is 62.4 Å². The average Bonchev–Trinajstić information content (AvgIpc) is 3.61. The van der Waals surface area contributed by atoms with E-state index in [2.05, 4.69) is 26.2 Å². The van der Waals surface area contributed by atoms with Crippen molar-refractivity contribution >= 4 is 46.0 Å². The number of aromatic hydroxyl groups is 1. The Labute approximate surface area is 302 Å². The van der Waals surface area contributed by atoms with Crippen LogP contribution in [0.3, 0.4) is 0 Å². The van der Waals surface area contributed by atoms with Gasteiger partial charge < -0.3 is 30.3 Å². The molecule has 0 fully saturated rings. The van der Waals surface area contributed by atoms with Gasteiger partial charge in [0.15, 0.2) is 11.8 Å². The number of para-hydroxylation sites is 1. The average molecular weight is 720 g/mol. The molecule has 1 heterocycles. The van der Waals surface area contributed by atoms with Crippen molar-refractivity contribution in [2.45, 2.75) is 31.2 Å². The van der Waals surface area contributed by atoms with Crippen LogP contribution in [-0.4, -0.2) is 56.7 Å². The van der Waals surface area contributed by atoms with Crippen molar-refractivity contribution in [3.05, 3.63) is 119 Å². The van der Waals surface area contributed by atoms with Crippen LogP contribution >= 0.6 is 11.8 Å². The summed E-state index contributed by atoms with van der Waals surface area (Å²) in [6.45, 7) is 3.60. The van der Waals surface area contributed by atoms with Gasteiger partial charge in [-0.15, -0.1) is 4.68 Å². The monoisotopic (exact) mass is 719 g/mol. The molecule has 0 unspecified atom stereocenters. The minimum absolute atomic E-state index is 0.0748. The number of carboxylic acid groups (broad SMARTS) is 1. The zero-order valence-electron chi connectivity index (χ0n) is 28.3. The summed E-state index contributed by atoms with van der Waals surface area (Å²) in [5.41, 5.74) is 3.96. The topological polar surface area (TPSA) is 180 Å². The van der Waals surface area contributed by atoms with E-state index < -0.39 is 11.9 Å². The minimum atomic E-state index is -1.06. The molecule has 5 N–H and O–H groups in total. The second-order valence-corrected chi connectivity index (χ2v) is 12.7. The third-order valence-electron chi connectivity index (χ3n) is 7.94. The third-order valence-corrected chi connectivity index (χ3v) is 8.92. The molecule has 13 nitrogen and oxygen atoms in total. The highest BCUT2D eigenvalue weighted by molar-refractivity contribution is 7.98. The van der Waals surface area contributed by atoms with Crippen LogP contribution in [0.15, 0.2) is 102 Å². The predicted molar refractivity (Wildman–Crippen MR) is 194 cm³/mol. The number of carbonyl (C=O) groups is 3. The number of hydrogen-bond acceptors (Lipinski definition) is 9. The molecule has 6 rings (SSSR count). The highest BCUT2D eigenvalue weighted by atomic mass is 32.2. The molecule has 0 aliphatic rings. The van der Waals surface area contributed by atoms with E-state index in [0.717, 1.165) is 16.8 Å². The van der Waals surface area contributed by atoms with Crippen molar-refractivity contribution in [3.63, 3.8) is 0 Å². The number of aromatic nitrogens is 4. The Morgan fingerprint density at radius 3 is 2.40 bits per heavy atom. The van der Waals surface area contributed by atoms with Crippen LogP contribution in [0.5, 0.6) is 23.0 Å². The number of phenolic OH excluding ortho intramolecular Hbond substituents is 1. The first-order valence-electron chi connectivity index (χ1n) is 16.2. The van der Waals surface area contributed by atoms with Crippen LogP contribution < -0.4 is 24.8 Å². The van der Waals surface area contributed by atoms with Crippen molar-refractivity contribution in [1.82, 2.24) is 20.8 Å². The normalized spacial score (nSPS) is 10.9. The second kappa shape index (κ2) is 16.1. The summed E-state index contributed by atoms with van der Waals surface area (Å²) in [7, 11) is 0. The molecule has 0 aliphatic carbocycles. The van der Waals surface area contributed by atoms with Crippen LogP contribution in [0.2, 0.25) is 0 Å². The summed E-state index contributed by atoms with van der Waals surface area (Å²) in [4.78, 5) is 37.1. The number of hydrogen-bond donors (Lipinski definition) is 5. The summed E-state index contributed by atoms with van der Waals surface area (Å²) in [6.07, 6.45) is -0.277. The number of nitrogens with zero attached hydrogens (tertiary/aromatic N) is 3.